The Bertz CT molecular complexity index is 35.9. The van der Waals surface area contributed by atoms with Crippen molar-refractivity contribution in [3.63, 3.8) is 0 Å². The summed E-state index contributed by atoms with van der Waals surface area (Å²) >= 11 is 0. The molecular formula is CHKNa2O3. The minimum atomic E-state index is -2.33. The molecule has 0 N–H and O–H groups in total. The van der Waals surface area contributed by atoms with Gasteiger partial charge in [-0.25, -0.2) is 0 Å². The van der Waals surface area contributed by atoms with Crippen LogP contribution in [0.3, 0.4) is 0 Å². The molecule has 0 aromatic heterocycles. The van der Waals surface area contributed by atoms with Crippen LogP contribution >= 0.6 is 0 Å². The largest absolute Gasteiger partial charge is 1.00 e. The second-order valence-electron chi connectivity index (χ2n) is 0.250. The van der Waals surface area contributed by atoms with Crippen molar-refractivity contribution in [1.29, 1.82) is 0 Å². The molecule has 0 aliphatic rings. The van der Waals surface area contributed by atoms with Crippen molar-refractivity contribution in [2.45, 2.75) is 0 Å². The minimum absolute atomic E-state index is 0. The van der Waals surface area contributed by atoms with Gasteiger partial charge < -0.3 is 15.0 Å². The van der Waals surface area contributed by atoms with Gasteiger partial charge in [0.1, 0.15) is 0 Å². The summed E-state index contributed by atoms with van der Waals surface area (Å²) in [5, 5.41) is 16.7. The average Bonchev–Trinajstić information content (AvgIpc) is 0.811. The number of hydrogen-bond donors (Lipinski definition) is 0. The summed E-state index contributed by atoms with van der Waals surface area (Å²) in [4.78, 5) is 8.33. The van der Waals surface area contributed by atoms with E-state index in [1.165, 1.54) is 0 Å². The Labute approximate surface area is 128 Å². The molecule has 0 rings (SSSR count). The van der Waals surface area contributed by atoms with Crippen molar-refractivity contribution < 1.29 is 74.1 Å². The molecule has 0 saturated heterocycles. The smallest absolute Gasteiger partial charge is 1.00 e. The van der Waals surface area contributed by atoms with Gasteiger partial charge in [-0.05, 0) is 6.16 Å². The van der Waals surface area contributed by atoms with Crippen LogP contribution < -0.4 is 69.3 Å². The van der Waals surface area contributed by atoms with Gasteiger partial charge in [0, 0.05) is 0 Å². The van der Waals surface area contributed by atoms with Gasteiger partial charge in [-0.15, -0.1) is 0 Å². The molecule has 0 aromatic carbocycles. The van der Waals surface area contributed by atoms with Gasteiger partial charge in [-0.2, -0.15) is 0 Å². The molecule has 0 unspecified atom stereocenters. The van der Waals surface area contributed by atoms with Crippen molar-refractivity contribution in [2.24, 2.45) is 0 Å². The molecule has 0 heterocycles. The second-order valence-corrected chi connectivity index (χ2v) is 0.250. The second kappa shape index (κ2) is 16.0. The van der Waals surface area contributed by atoms with Crippen LogP contribution in [0.5, 0.6) is 0 Å². The molecule has 0 radical (unpaired) electrons. The molecule has 0 atom stereocenters. The maximum absolute atomic E-state index is 8.33. The molecule has 0 bridgehead atoms. The maximum atomic E-state index is 8.33. The van der Waals surface area contributed by atoms with Crippen molar-refractivity contribution in [1.82, 2.24) is 0 Å². The fourth-order valence-electron chi connectivity index (χ4n) is 0. The van der Waals surface area contributed by atoms with E-state index in [-0.39, 0.29) is 110 Å². The molecule has 0 aliphatic heterocycles. The number of hydrogen-bond acceptors (Lipinski definition) is 3. The summed E-state index contributed by atoms with van der Waals surface area (Å²) in [5.41, 5.74) is 0. The molecular weight excluding hydrogens is 145 g/mol. The van der Waals surface area contributed by atoms with Crippen LogP contribution in [0.2, 0.25) is 0 Å². The van der Waals surface area contributed by atoms with E-state index in [4.69, 9.17) is 15.0 Å². The van der Waals surface area contributed by atoms with Crippen molar-refractivity contribution in [2.75, 3.05) is 0 Å². The third-order valence-corrected chi connectivity index (χ3v) is 0. The van der Waals surface area contributed by atoms with Crippen molar-refractivity contribution in [3.8, 4) is 0 Å². The predicted molar refractivity (Wildman–Crippen MR) is 12.5 cm³/mol. The van der Waals surface area contributed by atoms with E-state index in [1.807, 2.05) is 0 Å². The van der Waals surface area contributed by atoms with Crippen LogP contribution in [0.25, 0.3) is 0 Å². The summed E-state index contributed by atoms with van der Waals surface area (Å²) in [6, 6.07) is 0. The first-order valence-electron chi connectivity index (χ1n) is 0.612. The SMILES string of the molecule is O=C([O-])[O-].[KH].[Na+].[Na+]. The molecule has 0 aliphatic carbocycles. The Balaban J connectivity index is -0.0000000150. The molecule has 7 heavy (non-hydrogen) atoms. The monoisotopic (exact) mass is 146 g/mol. The average molecular weight is 146 g/mol. The fraction of sp³-hybridized carbons (Fsp3) is 0. The normalized spacial score (nSPS) is 3.43. The number of carboxylic acid groups (broad SMARTS) is 2. The summed E-state index contributed by atoms with van der Waals surface area (Å²) < 4.78 is 0. The Morgan fingerprint density at radius 3 is 1.14 bits per heavy atom. The van der Waals surface area contributed by atoms with Gasteiger partial charge in [0.05, 0.1) is 0 Å². The quantitative estimate of drug-likeness (QED) is 0.319. The number of carbonyl (C=O) groups excluding carboxylic acids is 1. The van der Waals surface area contributed by atoms with Gasteiger partial charge in [-0.3, -0.25) is 0 Å². The van der Waals surface area contributed by atoms with Gasteiger partial charge in [0.2, 0.25) is 0 Å². The molecule has 0 aromatic rings. The standard InChI is InChI=1S/CH2O3.K.2Na.H/c2-1(3)4;;;;/h(H2,2,3,4);;;;/q;;2*+1;/p-2. The maximum Gasteiger partial charge on any atom is 1.00 e. The minimum Gasteiger partial charge on any atom is 1.00 e. The zero-order valence-electron chi connectivity index (χ0n) is 3.72. The van der Waals surface area contributed by atoms with Gasteiger partial charge in [-0.1, -0.05) is 0 Å². The Hall–Kier alpha value is 2.91. The van der Waals surface area contributed by atoms with E-state index in [2.05, 4.69) is 0 Å². The number of carbonyl (C=O) groups is 1. The van der Waals surface area contributed by atoms with Crippen LogP contribution in [0, 0.1) is 0 Å². The van der Waals surface area contributed by atoms with Crippen molar-refractivity contribution >= 4 is 57.5 Å². The summed E-state index contributed by atoms with van der Waals surface area (Å²) in [6.07, 6.45) is -2.33. The van der Waals surface area contributed by atoms with Crippen LogP contribution in [0.15, 0.2) is 0 Å². The summed E-state index contributed by atoms with van der Waals surface area (Å²) in [5.74, 6) is 0. The first-order chi connectivity index (χ1) is 1.73. The van der Waals surface area contributed by atoms with Crippen LogP contribution in [-0.2, 0) is 0 Å². The van der Waals surface area contributed by atoms with Crippen LogP contribution in [-0.4, -0.2) is 57.5 Å². The van der Waals surface area contributed by atoms with Crippen molar-refractivity contribution in [3.05, 3.63) is 0 Å². The van der Waals surface area contributed by atoms with E-state index < -0.39 is 6.16 Å². The van der Waals surface area contributed by atoms with E-state index >= 15 is 0 Å². The molecule has 3 nitrogen and oxygen atoms in total. The Kier molecular flexibility index (Phi) is 51.4. The van der Waals surface area contributed by atoms with E-state index in [1.54, 1.807) is 0 Å². The fourth-order valence-corrected chi connectivity index (χ4v) is 0. The molecule has 0 spiro atoms. The van der Waals surface area contributed by atoms with Gasteiger partial charge >= 0.3 is 110 Å². The van der Waals surface area contributed by atoms with Gasteiger partial charge in [0.15, 0.2) is 0 Å². The zero-order valence-corrected chi connectivity index (χ0v) is 7.72. The summed E-state index contributed by atoms with van der Waals surface area (Å²) in [6.45, 7) is 0. The van der Waals surface area contributed by atoms with Crippen LogP contribution in [0.1, 0.15) is 0 Å². The first-order valence-corrected chi connectivity index (χ1v) is 0.612. The third kappa shape index (κ3) is 50.3. The topological polar surface area (TPSA) is 63.2 Å². The Morgan fingerprint density at radius 1 is 1.14 bits per heavy atom. The summed E-state index contributed by atoms with van der Waals surface area (Å²) in [7, 11) is 0. The number of rotatable bonds is 0. The molecule has 0 fully saturated rings. The van der Waals surface area contributed by atoms with E-state index in [9.17, 15) is 0 Å². The van der Waals surface area contributed by atoms with E-state index in [0.29, 0.717) is 0 Å². The molecule has 0 amide bonds. The third-order valence-electron chi connectivity index (χ3n) is 0. The molecule has 26 valence electrons. The predicted octanol–water partition coefficient (Wildman–Crippen LogP) is -9.09. The van der Waals surface area contributed by atoms with Gasteiger partial charge in [0.25, 0.3) is 0 Å². The zero-order chi connectivity index (χ0) is 3.58. The Morgan fingerprint density at radius 2 is 1.14 bits per heavy atom. The van der Waals surface area contributed by atoms with E-state index in [0.717, 1.165) is 0 Å². The molecule has 6 heteroatoms. The van der Waals surface area contributed by atoms with Crippen LogP contribution in [0.4, 0.5) is 4.79 Å². The first kappa shape index (κ1) is 22.5. The molecule has 0 saturated carbocycles.